The van der Waals surface area contributed by atoms with Crippen LogP contribution in [0.2, 0.25) is 0 Å². The Labute approximate surface area is 132 Å². The van der Waals surface area contributed by atoms with Gasteiger partial charge in [0.15, 0.2) is 0 Å². The van der Waals surface area contributed by atoms with Crippen molar-refractivity contribution in [3.05, 3.63) is 65.9 Å². The van der Waals surface area contributed by atoms with Gasteiger partial charge in [0.2, 0.25) is 11.7 Å². The molecule has 5 heteroatoms. The summed E-state index contributed by atoms with van der Waals surface area (Å²) in [6.07, 6.45) is 0. The zero-order valence-corrected chi connectivity index (χ0v) is 12.3. The van der Waals surface area contributed by atoms with Crippen molar-refractivity contribution in [2.24, 2.45) is 0 Å². The third kappa shape index (κ3) is 1.83. The van der Waals surface area contributed by atoms with Gasteiger partial charge in [-0.2, -0.15) is 0 Å². The van der Waals surface area contributed by atoms with Crippen LogP contribution in [0.5, 0.6) is 5.88 Å². The molecule has 0 aliphatic heterocycles. The van der Waals surface area contributed by atoms with E-state index in [1.54, 1.807) is 18.2 Å². The van der Waals surface area contributed by atoms with E-state index in [-0.39, 0.29) is 5.69 Å². The number of carbonyl (C=O) groups excluding carboxylic acids is 2. The molecule has 3 aromatic rings. The average molecular weight is 304 g/mol. The second-order valence-corrected chi connectivity index (χ2v) is 5.18. The van der Waals surface area contributed by atoms with Crippen LogP contribution in [0.25, 0.3) is 16.8 Å². The molecule has 0 N–H and O–H groups in total. The molecule has 1 aliphatic carbocycles. The van der Waals surface area contributed by atoms with Gasteiger partial charge in [-0.25, -0.2) is 4.68 Å². The predicted molar refractivity (Wildman–Crippen MR) is 84.2 cm³/mol. The number of methoxy groups -OCH3 is 1. The highest BCUT2D eigenvalue weighted by Gasteiger charge is 2.37. The number of hydrogen-bond acceptors (Lipinski definition) is 4. The van der Waals surface area contributed by atoms with Crippen LogP contribution >= 0.6 is 0 Å². The van der Waals surface area contributed by atoms with Gasteiger partial charge in [0.1, 0.15) is 5.69 Å². The number of hydrogen-bond donors (Lipinski definition) is 0. The third-order valence-corrected chi connectivity index (χ3v) is 3.91. The first-order valence-corrected chi connectivity index (χ1v) is 7.13. The Morgan fingerprint density at radius 2 is 1.52 bits per heavy atom. The summed E-state index contributed by atoms with van der Waals surface area (Å²) in [4.78, 5) is 25.1. The summed E-state index contributed by atoms with van der Waals surface area (Å²) in [5.41, 5.74) is 2.57. The topological polar surface area (TPSA) is 61.2 Å². The van der Waals surface area contributed by atoms with Crippen LogP contribution in [0, 0.1) is 0 Å². The van der Waals surface area contributed by atoms with E-state index >= 15 is 0 Å². The summed E-state index contributed by atoms with van der Waals surface area (Å²) in [6, 6.07) is 16.2. The minimum atomic E-state index is -0.571. The van der Waals surface area contributed by atoms with Crippen LogP contribution in [-0.2, 0) is 0 Å². The van der Waals surface area contributed by atoms with E-state index in [0.29, 0.717) is 28.3 Å². The minimum absolute atomic E-state index is 0.247. The molecule has 0 saturated carbocycles. The Hall–Kier alpha value is -3.21. The summed E-state index contributed by atoms with van der Waals surface area (Å²) in [5.74, 6) is -0.761. The number of benzene rings is 2. The Morgan fingerprint density at radius 1 is 0.870 bits per heavy atom. The van der Waals surface area contributed by atoms with Crippen LogP contribution < -0.4 is 4.74 Å². The molecule has 0 saturated heterocycles. The van der Waals surface area contributed by atoms with E-state index in [1.165, 1.54) is 11.8 Å². The fraction of sp³-hybridized carbons (Fsp3) is 0.0556. The van der Waals surface area contributed by atoms with Crippen molar-refractivity contribution in [2.45, 2.75) is 0 Å². The van der Waals surface area contributed by atoms with E-state index in [0.717, 1.165) is 0 Å². The summed E-state index contributed by atoms with van der Waals surface area (Å²) in [6.45, 7) is 0. The number of rotatable bonds is 2. The molecule has 0 amide bonds. The molecule has 1 aliphatic rings. The maximum Gasteiger partial charge on any atom is 0.252 e. The molecule has 4 rings (SSSR count). The van der Waals surface area contributed by atoms with Gasteiger partial charge in [-0.1, -0.05) is 42.5 Å². The van der Waals surface area contributed by atoms with E-state index in [9.17, 15) is 9.59 Å². The Kier molecular flexibility index (Phi) is 2.87. The molecule has 0 radical (unpaired) electrons. The van der Waals surface area contributed by atoms with Gasteiger partial charge in [-0.3, -0.25) is 9.59 Å². The van der Waals surface area contributed by atoms with Crippen LogP contribution in [0.15, 0.2) is 54.6 Å². The highest BCUT2D eigenvalue weighted by molar-refractivity contribution is 6.52. The number of carbonyl (C=O) groups is 2. The standard InChI is InChI=1S/C18H12N2O3/c1-23-18-14-12-9-5-6-10-13(12)16(21)17(22)15(14)20(19-18)11-7-3-2-4-8-11/h2-10H,1H3. The largest absolute Gasteiger partial charge is 0.479 e. The number of para-hydroxylation sites is 1. The quantitative estimate of drug-likeness (QED) is 0.683. The van der Waals surface area contributed by atoms with Crippen molar-refractivity contribution in [1.82, 2.24) is 9.78 Å². The van der Waals surface area contributed by atoms with Crippen LogP contribution in [0.3, 0.4) is 0 Å². The summed E-state index contributed by atoms with van der Waals surface area (Å²) < 4.78 is 6.84. The molecule has 1 aromatic heterocycles. The fourth-order valence-electron chi connectivity index (χ4n) is 2.88. The average Bonchev–Trinajstić information content (AvgIpc) is 3.00. The number of ether oxygens (including phenoxy) is 1. The molecule has 112 valence electrons. The lowest BCUT2D eigenvalue weighted by Gasteiger charge is -2.15. The van der Waals surface area contributed by atoms with Crippen molar-refractivity contribution >= 4 is 11.6 Å². The minimum Gasteiger partial charge on any atom is -0.479 e. The first-order chi connectivity index (χ1) is 11.2. The van der Waals surface area contributed by atoms with Crippen LogP contribution in [0.1, 0.15) is 20.8 Å². The molecular weight excluding hydrogens is 292 g/mol. The highest BCUT2D eigenvalue weighted by atomic mass is 16.5. The van der Waals surface area contributed by atoms with Crippen molar-refractivity contribution < 1.29 is 14.3 Å². The summed E-state index contributed by atoms with van der Waals surface area (Å²) >= 11 is 0. The number of fused-ring (bicyclic) bond motifs is 3. The molecular formula is C18H12N2O3. The van der Waals surface area contributed by atoms with Gasteiger partial charge in [0, 0.05) is 11.1 Å². The maximum absolute atomic E-state index is 12.6. The lowest BCUT2D eigenvalue weighted by atomic mass is 9.87. The van der Waals surface area contributed by atoms with Crippen molar-refractivity contribution in [1.29, 1.82) is 0 Å². The molecule has 5 nitrogen and oxygen atoms in total. The SMILES string of the molecule is COc1nn(-c2ccccc2)c2c1-c1ccccc1C(=O)C2=O. The van der Waals surface area contributed by atoms with Crippen molar-refractivity contribution in [2.75, 3.05) is 7.11 Å². The third-order valence-electron chi connectivity index (χ3n) is 3.91. The van der Waals surface area contributed by atoms with E-state index < -0.39 is 11.6 Å². The second-order valence-electron chi connectivity index (χ2n) is 5.18. The molecule has 2 aromatic carbocycles. The van der Waals surface area contributed by atoms with Gasteiger partial charge in [-0.05, 0) is 12.1 Å². The highest BCUT2D eigenvalue weighted by Crippen LogP contribution is 2.40. The Balaban J connectivity index is 2.09. The van der Waals surface area contributed by atoms with Gasteiger partial charge in [0.25, 0.3) is 5.78 Å². The van der Waals surface area contributed by atoms with Crippen LogP contribution in [-0.4, -0.2) is 28.5 Å². The number of ketones is 2. The Morgan fingerprint density at radius 3 is 2.22 bits per heavy atom. The first kappa shape index (κ1) is 13.5. The molecule has 0 spiro atoms. The molecule has 0 fully saturated rings. The lowest BCUT2D eigenvalue weighted by Crippen LogP contribution is -2.23. The van der Waals surface area contributed by atoms with E-state index in [2.05, 4.69) is 5.10 Å². The van der Waals surface area contributed by atoms with Gasteiger partial charge in [-0.15, -0.1) is 5.10 Å². The number of Topliss-reactive ketones (excluding diaryl/α,β-unsaturated/α-hetero) is 2. The molecule has 0 atom stereocenters. The van der Waals surface area contributed by atoms with Gasteiger partial charge < -0.3 is 4.74 Å². The number of nitrogens with zero attached hydrogens (tertiary/aromatic N) is 2. The molecule has 0 unspecified atom stereocenters. The molecule has 23 heavy (non-hydrogen) atoms. The monoisotopic (exact) mass is 304 g/mol. The van der Waals surface area contributed by atoms with Gasteiger partial charge in [0.05, 0.1) is 18.4 Å². The lowest BCUT2D eigenvalue weighted by molar-refractivity contribution is 0.0810. The summed E-state index contributed by atoms with van der Waals surface area (Å²) in [5, 5.41) is 4.39. The predicted octanol–water partition coefficient (Wildman–Crippen LogP) is 2.93. The molecule has 1 heterocycles. The zero-order chi connectivity index (χ0) is 16.0. The zero-order valence-electron chi connectivity index (χ0n) is 12.3. The maximum atomic E-state index is 12.6. The van der Waals surface area contributed by atoms with Crippen molar-refractivity contribution in [3.63, 3.8) is 0 Å². The Bertz CT molecular complexity index is 942. The normalized spacial score (nSPS) is 12.7. The van der Waals surface area contributed by atoms with Gasteiger partial charge >= 0.3 is 0 Å². The van der Waals surface area contributed by atoms with E-state index in [1.807, 2.05) is 36.4 Å². The van der Waals surface area contributed by atoms with E-state index in [4.69, 9.17) is 4.74 Å². The summed E-state index contributed by atoms with van der Waals surface area (Å²) in [7, 11) is 1.50. The first-order valence-electron chi connectivity index (χ1n) is 7.13. The molecule has 0 bridgehead atoms. The smallest absolute Gasteiger partial charge is 0.252 e. The van der Waals surface area contributed by atoms with Crippen LogP contribution in [0.4, 0.5) is 0 Å². The van der Waals surface area contributed by atoms with Crippen molar-refractivity contribution in [3.8, 4) is 22.7 Å². The fourth-order valence-corrected chi connectivity index (χ4v) is 2.88. The number of aromatic nitrogens is 2. The second kappa shape index (κ2) is 4.91.